The summed E-state index contributed by atoms with van der Waals surface area (Å²) in [5.74, 6) is -14.4. The van der Waals surface area contributed by atoms with E-state index in [9.17, 15) is 39.9 Å². The first-order valence-corrected chi connectivity index (χ1v) is 5.45. The van der Waals surface area contributed by atoms with E-state index < -0.39 is 34.7 Å². The summed E-state index contributed by atoms with van der Waals surface area (Å²) in [6, 6.07) is 0. The molecule has 2 nitrogen and oxygen atoms in total. The zero-order valence-electron chi connectivity index (χ0n) is 9.58. The third kappa shape index (κ3) is 3.07. The Kier molecular flexibility index (Phi) is 5.25. The second-order valence-corrected chi connectivity index (χ2v) is 4.71. The van der Waals surface area contributed by atoms with E-state index in [1.807, 2.05) is 0 Å². The molecule has 118 valence electrons. The minimum atomic E-state index is -6.70. The van der Waals surface area contributed by atoms with E-state index in [1.165, 1.54) is 15.9 Å². The average molecular weight is 379 g/mol. The highest BCUT2D eigenvalue weighted by molar-refractivity contribution is 9.10. The smallest absolute Gasteiger partial charge is 0.455 e. The lowest BCUT2D eigenvalue weighted by Crippen LogP contribution is -2.63. The molecule has 0 radical (unpaired) electrons. The molecule has 0 heterocycles. The van der Waals surface area contributed by atoms with Crippen LogP contribution in [0.25, 0.3) is 0 Å². The molecular weight excluding hydrogens is 372 g/mol. The molecule has 0 aliphatic heterocycles. The van der Waals surface area contributed by atoms with Crippen molar-refractivity contribution in [1.29, 1.82) is 0 Å². The summed E-state index contributed by atoms with van der Waals surface area (Å²) < 4.78 is 100. The predicted octanol–water partition coefficient (Wildman–Crippen LogP) is 4.00. The maximum absolute atomic E-state index is 13.7. The van der Waals surface area contributed by atoms with Gasteiger partial charge >= 0.3 is 24.0 Å². The molecule has 20 heavy (non-hydrogen) atoms. The predicted molar refractivity (Wildman–Crippen MR) is 54.5 cm³/mol. The number of ether oxygens (including phenoxy) is 1. The average Bonchev–Trinajstić information content (AvgIpc) is 2.26. The minimum Gasteiger partial charge on any atom is -0.455 e. The fraction of sp³-hybridized carbons (Fsp3) is 0.667. The van der Waals surface area contributed by atoms with E-state index in [0.717, 1.165) is 0 Å². The Bertz CT molecular complexity index is 390. The van der Waals surface area contributed by atoms with Gasteiger partial charge in [-0.15, -0.1) is 0 Å². The molecule has 0 amide bonds. The minimum absolute atomic E-state index is 0.372. The molecule has 0 saturated carbocycles. The van der Waals surface area contributed by atoms with E-state index in [0.29, 0.717) is 13.0 Å². The van der Waals surface area contributed by atoms with Crippen molar-refractivity contribution < 1.29 is 44.7 Å². The van der Waals surface area contributed by atoms with Crippen LogP contribution in [0, 0.1) is 0 Å². The van der Waals surface area contributed by atoms with E-state index in [4.69, 9.17) is 0 Å². The lowest BCUT2D eigenvalue weighted by atomic mass is 10.0. The molecule has 2 unspecified atom stereocenters. The standard InChI is InChI=1S/C9H7BrF8O2/c1-3-5(19)20-4(2)6(10,11)7(12,13)8(14,15)9(16,17)18/h3-4H,1H2,2H3. The molecule has 0 saturated heterocycles. The third-order valence-electron chi connectivity index (χ3n) is 2.14. The molecule has 0 aliphatic carbocycles. The van der Waals surface area contributed by atoms with Crippen molar-refractivity contribution in [2.24, 2.45) is 0 Å². The Hall–Kier alpha value is -0.870. The van der Waals surface area contributed by atoms with Gasteiger partial charge in [0, 0.05) is 6.08 Å². The van der Waals surface area contributed by atoms with Crippen molar-refractivity contribution in [2.75, 3.05) is 0 Å². The van der Waals surface area contributed by atoms with Gasteiger partial charge in [0.1, 0.15) is 6.10 Å². The van der Waals surface area contributed by atoms with E-state index in [2.05, 4.69) is 11.3 Å². The van der Waals surface area contributed by atoms with Gasteiger partial charge in [0.25, 0.3) is 4.58 Å². The number of alkyl halides is 9. The van der Waals surface area contributed by atoms with Gasteiger partial charge in [-0.1, -0.05) is 6.58 Å². The zero-order valence-corrected chi connectivity index (χ0v) is 11.2. The second-order valence-electron chi connectivity index (χ2n) is 3.55. The van der Waals surface area contributed by atoms with Crippen LogP contribution in [-0.4, -0.2) is 34.7 Å². The first-order chi connectivity index (χ1) is 8.63. The van der Waals surface area contributed by atoms with Gasteiger partial charge in [-0.3, -0.25) is 0 Å². The molecule has 0 bridgehead atoms. The monoisotopic (exact) mass is 378 g/mol. The van der Waals surface area contributed by atoms with Crippen LogP contribution in [0.5, 0.6) is 0 Å². The van der Waals surface area contributed by atoms with Gasteiger partial charge < -0.3 is 4.74 Å². The maximum Gasteiger partial charge on any atom is 0.460 e. The summed E-state index contributed by atoms with van der Waals surface area (Å²) in [6.45, 7) is 3.19. The fourth-order valence-corrected chi connectivity index (χ4v) is 1.28. The summed E-state index contributed by atoms with van der Waals surface area (Å²) in [4.78, 5) is 10.7. The quantitative estimate of drug-likeness (QED) is 0.313. The Balaban J connectivity index is 5.56. The summed E-state index contributed by atoms with van der Waals surface area (Å²) in [5, 5.41) is 0. The molecule has 0 fully saturated rings. The van der Waals surface area contributed by atoms with E-state index in [1.54, 1.807) is 0 Å². The van der Waals surface area contributed by atoms with Crippen molar-refractivity contribution in [1.82, 2.24) is 0 Å². The number of esters is 1. The van der Waals surface area contributed by atoms with Crippen molar-refractivity contribution in [3.05, 3.63) is 12.7 Å². The van der Waals surface area contributed by atoms with Crippen LogP contribution in [-0.2, 0) is 9.53 Å². The summed E-state index contributed by atoms with van der Waals surface area (Å²) >= 11 is 1.45. The number of carbonyl (C=O) groups is 1. The fourth-order valence-electron chi connectivity index (χ4n) is 0.939. The van der Waals surface area contributed by atoms with Crippen LogP contribution in [0.2, 0.25) is 0 Å². The molecule has 0 aromatic carbocycles. The van der Waals surface area contributed by atoms with Crippen LogP contribution in [0.1, 0.15) is 6.92 Å². The number of carbonyl (C=O) groups excluding carboxylic acids is 1. The van der Waals surface area contributed by atoms with E-state index >= 15 is 0 Å². The maximum atomic E-state index is 13.7. The van der Waals surface area contributed by atoms with Crippen LogP contribution in [0.3, 0.4) is 0 Å². The highest BCUT2D eigenvalue weighted by atomic mass is 79.9. The topological polar surface area (TPSA) is 26.3 Å². The first-order valence-electron chi connectivity index (χ1n) is 4.66. The Morgan fingerprint density at radius 1 is 1.10 bits per heavy atom. The van der Waals surface area contributed by atoms with E-state index in [-0.39, 0.29) is 0 Å². The van der Waals surface area contributed by atoms with Crippen LogP contribution < -0.4 is 0 Å². The molecule has 11 heteroatoms. The summed E-state index contributed by atoms with van der Waals surface area (Å²) in [7, 11) is 0. The molecule has 0 aliphatic rings. The Labute approximate surface area is 115 Å². The highest BCUT2D eigenvalue weighted by Gasteiger charge is 2.81. The number of hydrogen-bond donors (Lipinski definition) is 0. The van der Waals surface area contributed by atoms with Gasteiger partial charge in [0.05, 0.1) is 0 Å². The van der Waals surface area contributed by atoms with Crippen LogP contribution in [0.15, 0.2) is 12.7 Å². The molecule has 0 rings (SSSR count). The van der Waals surface area contributed by atoms with Crippen LogP contribution >= 0.6 is 15.9 Å². The Morgan fingerprint density at radius 3 is 1.80 bits per heavy atom. The van der Waals surface area contributed by atoms with Crippen molar-refractivity contribution in [2.45, 2.75) is 35.6 Å². The highest BCUT2D eigenvalue weighted by Crippen LogP contribution is 2.55. The van der Waals surface area contributed by atoms with Gasteiger partial charge in [-0.05, 0) is 22.9 Å². The number of halogens is 9. The van der Waals surface area contributed by atoms with Gasteiger partial charge in [0.15, 0.2) is 0 Å². The zero-order chi connectivity index (χ0) is 16.6. The van der Waals surface area contributed by atoms with Crippen molar-refractivity contribution in [3.63, 3.8) is 0 Å². The SMILES string of the molecule is C=CC(=O)OC(C)C(F)(Br)C(F)(F)C(F)(F)C(F)(F)F. The molecule has 0 N–H and O–H groups in total. The van der Waals surface area contributed by atoms with Gasteiger partial charge in [-0.25, -0.2) is 9.18 Å². The third-order valence-corrected chi connectivity index (χ3v) is 3.28. The normalized spacial score (nSPS) is 18.1. The molecule has 0 aromatic rings. The van der Waals surface area contributed by atoms with Crippen LogP contribution in [0.4, 0.5) is 35.1 Å². The summed E-state index contributed by atoms with van der Waals surface area (Å²) in [6.07, 6.45) is -8.97. The second kappa shape index (κ2) is 5.49. The van der Waals surface area contributed by atoms with Crippen molar-refractivity contribution >= 4 is 21.9 Å². The lowest BCUT2D eigenvalue weighted by molar-refractivity contribution is -0.373. The number of rotatable bonds is 5. The van der Waals surface area contributed by atoms with Gasteiger partial charge in [-0.2, -0.15) is 30.7 Å². The Morgan fingerprint density at radius 2 is 1.50 bits per heavy atom. The molecule has 0 spiro atoms. The summed E-state index contributed by atoms with van der Waals surface area (Å²) in [5.41, 5.74) is 0. The van der Waals surface area contributed by atoms with Crippen molar-refractivity contribution in [3.8, 4) is 0 Å². The number of hydrogen-bond acceptors (Lipinski definition) is 2. The molecule has 2 atom stereocenters. The first kappa shape index (κ1) is 19.1. The lowest BCUT2D eigenvalue weighted by Gasteiger charge is -2.37. The molecular formula is C9H7BrF8O2. The van der Waals surface area contributed by atoms with Gasteiger partial charge in [0.2, 0.25) is 0 Å². The molecule has 0 aromatic heterocycles. The largest absolute Gasteiger partial charge is 0.460 e.